The van der Waals surface area contributed by atoms with Crippen LogP contribution in [0.25, 0.3) is 0 Å². The lowest BCUT2D eigenvalue weighted by Gasteiger charge is -2.39. The van der Waals surface area contributed by atoms with Crippen molar-refractivity contribution in [2.45, 2.75) is 50.3 Å². The Labute approximate surface area is 165 Å². The quantitative estimate of drug-likeness (QED) is 0.821. The molecule has 2 aromatic rings. The van der Waals surface area contributed by atoms with Gasteiger partial charge in [-0.15, -0.1) is 0 Å². The molecule has 1 aliphatic heterocycles. The molecule has 1 aliphatic carbocycles. The molecule has 0 radical (unpaired) electrons. The molecule has 2 heterocycles. The van der Waals surface area contributed by atoms with Crippen molar-refractivity contribution in [2.75, 3.05) is 26.9 Å². The number of rotatable bonds is 6. The maximum Gasteiger partial charge on any atom is 0.155 e. The largest absolute Gasteiger partial charge is 0.383 e. The molecule has 6 nitrogen and oxygen atoms in total. The minimum Gasteiger partial charge on any atom is -0.383 e. The summed E-state index contributed by atoms with van der Waals surface area (Å²) in [6, 6.07) is 8.32. The van der Waals surface area contributed by atoms with E-state index in [9.17, 15) is 0 Å². The van der Waals surface area contributed by atoms with E-state index in [0.717, 1.165) is 61.2 Å². The number of fused-ring (bicyclic) bond motifs is 1. The fourth-order valence-corrected chi connectivity index (χ4v) is 4.41. The zero-order chi connectivity index (χ0) is 18.6. The molecule has 1 aromatic carbocycles. The van der Waals surface area contributed by atoms with Gasteiger partial charge in [-0.25, -0.2) is 9.67 Å². The summed E-state index contributed by atoms with van der Waals surface area (Å²) in [5, 5.41) is 9.14. The van der Waals surface area contributed by atoms with Gasteiger partial charge in [0, 0.05) is 37.1 Å². The van der Waals surface area contributed by atoms with Crippen LogP contribution in [0.2, 0.25) is 5.02 Å². The molecule has 1 saturated heterocycles. The van der Waals surface area contributed by atoms with Crippen molar-refractivity contribution >= 4 is 11.6 Å². The van der Waals surface area contributed by atoms with Crippen LogP contribution in [-0.4, -0.2) is 53.8 Å². The van der Waals surface area contributed by atoms with Crippen LogP contribution in [0.3, 0.4) is 0 Å². The maximum absolute atomic E-state index is 6.12. The molecule has 146 valence electrons. The normalized spacial score (nSPS) is 25.3. The Morgan fingerprint density at radius 1 is 1.37 bits per heavy atom. The number of benzene rings is 1. The third kappa shape index (κ3) is 4.51. The lowest BCUT2D eigenvalue weighted by Crippen LogP contribution is -2.51. The first-order valence-electron chi connectivity index (χ1n) is 9.75. The number of nitrogens with one attached hydrogen (secondary N) is 1. The number of halogens is 1. The van der Waals surface area contributed by atoms with Crippen LogP contribution < -0.4 is 5.32 Å². The SMILES string of the molecule is COCCn1nc(Cc2cccc(Cl)c2)nc1[C@H]1CC[C@H]2OCCN[C@@H]2C1. The van der Waals surface area contributed by atoms with Crippen LogP contribution in [0.15, 0.2) is 24.3 Å². The van der Waals surface area contributed by atoms with Crippen molar-refractivity contribution in [1.29, 1.82) is 0 Å². The zero-order valence-corrected chi connectivity index (χ0v) is 16.5. The predicted molar refractivity (Wildman–Crippen MR) is 104 cm³/mol. The molecule has 0 amide bonds. The van der Waals surface area contributed by atoms with Gasteiger partial charge in [0.2, 0.25) is 0 Å². The van der Waals surface area contributed by atoms with Gasteiger partial charge in [-0.3, -0.25) is 0 Å². The van der Waals surface area contributed by atoms with E-state index >= 15 is 0 Å². The summed E-state index contributed by atoms with van der Waals surface area (Å²) in [7, 11) is 1.72. The number of methoxy groups -OCH3 is 1. The minimum atomic E-state index is 0.344. The average Bonchev–Trinajstić information content (AvgIpc) is 3.08. The summed E-state index contributed by atoms with van der Waals surface area (Å²) in [4.78, 5) is 4.93. The first-order chi connectivity index (χ1) is 13.2. The number of hydrogen-bond acceptors (Lipinski definition) is 5. The van der Waals surface area contributed by atoms with Gasteiger partial charge in [0.1, 0.15) is 5.82 Å². The van der Waals surface area contributed by atoms with Crippen molar-refractivity contribution in [1.82, 2.24) is 20.1 Å². The first kappa shape index (κ1) is 18.9. The van der Waals surface area contributed by atoms with Gasteiger partial charge in [-0.2, -0.15) is 5.10 Å². The summed E-state index contributed by atoms with van der Waals surface area (Å²) in [6.07, 6.45) is 4.24. The van der Waals surface area contributed by atoms with E-state index in [-0.39, 0.29) is 0 Å². The molecule has 2 fully saturated rings. The second-order valence-electron chi connectivity index (χ2n) is 7.39. The van der Waals surface area contributed by atoms with E-state index in [1.165, 1.54) is 0 Å². The molecule has 3 atom stereocenters. The maximum atomic E-state index is 6.12. The molecule has 0 bridgehead atoms. The third-order valence-electron chi connectivity index (χ3n) is 5.50. The number of nitrogens with zero attached hydrogens (tertiary/aromatic N) is 3. The monoisotopic (exact) mass is 390 g/mol. The van der Waals surface area contributed by atoms with Gasteiger partial charge in [0.15, 0.2) is 5.82 Å². The predicted octanol–water partition coefficient (Wildman–Crippen LogP) is 2.79. The molecular weight excluding hydrogens is 364 g/mol. The Bertz CT molecular complexity index is 766. The Morgan fingerprint density at radius 3 is 3.15 bits per heavy atom. The molecule has 27 heavy (non-hydrogen) atoms. The van der Waals surface area contributed by atoms with Crippen LogP contribution in [0, 0.1) is 0 Å². The molecule has 1 saturated carbocycles. The van der Waals surface area contributed by atoms with E-state index in [1.807, 2.05) is 22.9 Å². The highest BCUT2D eigenvalue weighted by molar-refractivity contribution is 6.30. The molecule has 0 spiro atoms. The van der Waals surface area contributed by atoms with Crippen LogP contribution in [0.4, 0.5) is 0 Å². The van der Waals surface area contributed by atoms with Gasteiger partial charge in [0.05, 0.1) is 25.9 Å². The molecule has 2 aliphatic rings. The number of aromatic nitrogens is 3. The standard InChI is InChI=1S/C20H27ClN4O2/c1-26-10-8-25-20(15-5-6-18-17(13-15)22-7-9-27-18)23-19(24-25)12-14-3-2-4-16(21)11-14/h2-4,11,15,17-18,22H,5-10,12-13H2,1H3/t15-,17+,18+/m0/s1. The molecule has 7 heteroatoms. The summed E-state index contributed by atoms with van der Waals surface area (Å²) < 4.78 is 13.2. The van der Waals surface area contributed by atoms with Gasteiger partial charge >= 0.3 is 0 Å². The molecule has 4 rings (SSSR count). The summed E-state index contributed by atoms with van der Waals surface area (Å²) in [5.74, 6) is 2.33. The van der Waals surface area contributed by atoms with Gasteiger partial charge < -0.3 is 14.8 Å². The second-order valence-corrected chi connectivity index (χ2v) is 7.83. The van der Waals surface area contributed by atoms with E-state index in [0.29, 0.717) is 31.1 Å². The smallest absolute Gasteiger partial charge is 0.155 e. The van der Waals surface area contributed by atoms with E-state index in [4.69, 9.17) is 31.2 Å². The van der Waals surface area contributed by atoms with Crippen LogP contribution >= 0.6 is 11.6 Å². The highest BCUT2D eigenvalue weighted by Crippen LogP contribution is 2.34. The second kappa shape index (κ2) is 8.69. The topological polar surface area (TPSA) is 61.2 Å². The zero-order valence-electron chi connectivity index (χ0n) is 15.7. The Balaban J connectivity index is 1.54. The fraction of sp³-hybridized carbons (Fsp3) is 0.600. The van der Waals surface area contributed by atoms with Crippen molar-refractivity contribution in [3.8, 4) is 0 Å². The number of hydrogen-bond donors (Lipinski definition) is 1. The Hall–Kier alpha value is -1.47. The number of ether oxygens (including phenoxy) is 2. The van der Waals surface area contributed by atoms with E-state index in [1.54, 1.807) is 7.11 Å². The van der Waals surface area contributed by atoms with Crippen molar-refractivity contribution in [2.24, 2.45) is 0 Å². The van der Waals surface area contributed by atoms with Crippen molar-refractivity contribution in [3.05, 3.63) is 46.5 Å². The Kier molecular flexibility index (Phi) is 6.08. The molecular formula is C20H27ClN4O2. The third-order valence-corrected chi connectivity index (χ3v) is 5.73. The summed E-state index contributed by atoms with van der Waals surface area (Å²) in [6.45, 7) is 3.11. The lowest BCUT2D eigenvalue weighted by molar-refractivity contribution is -0.0282. The molecule has 1 aromatic heterocycles. The highest BCUT2D eigenvalue weighted by Gasteiger charge is 2.35. The average molecular weight is 391 g/mol. The lowest BCUT2D eigenvalue weighted by atomic mass is 9.82. The van der Waals surface area contributed by atoms with Crippen LogP contribution in [0.1, 0.15) is 42.4 Å². The highest BCUT2D eigenvalue weighted by atomic mass is 35.5. The molecule has 0 unspecified atom stereocenters. The van der Waals surface area contributed by atoms with Gasteiger partial charge in [-0.05, 0) is 37.0 Å². The van der Waals surface area contributed by atoms with Gasteiger partial charge in [0.25, 0.3) is 0 Å². The van der Waals surface area contributed by atoms with Crippen LogP contribution in [-0.2, 0) is 22.4 Å². The Morgan fingerprint density at radius 2 is 2.30 bits per heavy atom. The first-order valence-corrected chi connectivity index (χ1v) is 10.1. The number of morpholine rings is 1. The summed E-state index contributed by atoms with van der Waals surface area (Å²) in [5.41, 5.74) is 1.13. The van der Waals surface area contributed by atoms with Gasteiger partial charge in [-0.1, -0.05) is 23.7 Å². The minimum absolute atomic E-state index is 0.344. The molecule has 1 N–H and O–H groups in total. The fourth-order valence-electron chi connectivity index (χ4n) is 4.20. The van der Waals surface area contributed by atoms with E-state index in [2.05, 4.69) is 11.4 Å². The van der Waals surface area contributed by atoms with E-state index < -0.39 is 0 Å². The van der Waals surface area contributed by atoms with Crippen molar-refractivity contribution in [3.63, 3.8) is 0 Å². The van der Waals surface area contributed by atoms with Crippen molar-refractivity contribution < 1.29 is 9.47 Å². The summed E-state index contributed by atoms with van der Waals surface area (Å²) >= 11 is 6.12. The van der Waals surface area contributed by atoms with Crippen LogP contribution in [0.5, 0.6) is 0 Å².